The van der Waals surface area contributed by atoms with Crippen LogP contribution in [0.25, 0.3) is 0 Å². The smallest absolute Gasteiger partial charge is 0.326 e. The van der Waals surface area contributed by atoms with Crippen LogP contribution in [0.4, 0.5) is 0 Å². The summed E-state index contributed by atoms with van der Waals surface area (Å²) in [6.45, 7) is 11.1. The molecule has 1 saturated carbocycles. The minimum atomic E-state index is -0.442. The molecule has 1 N–H and O–H groups in total. The molecule has 1 aliphatic carbocycles. The van der Waals surface area contributed by atoms with Crippen LogP contribution in [-0.2, 0) is 9.53 Å². The summed E-state index contributed by atoms with van der Waals surface area (Å²) in [5.74, 6) is 1.30. The van der Waals surface area contributed by atoms with Crippen molar-refractivity contribution >= 4 is 5.97 Å². The predicted octanol–water partition coefficient (Wildman–Crippen LogP) is 3.52. The van der Waals surface area contributed by atoms with Gasteiger partial charge in [0.1, 0.15) is 5.54 Å². The van der Waals surface area contributed by atoms with Crippen molar-refractivity contribution in [2.45, 2.75) is 78.3 Å². The van der Waals surface area contributed by atoms with Crippen LogP contribution in [0.1, 0.15) is 66.7 Å². The summed E-state index contributed by atoms with van der Waals surface area (Å²) in [4.78, 5) is 12.4. The zero-order valence-electron chi connectivity index (χ0n) is 13.3. The first kappa shape index (κ1) is 16.5. The van der Waals surface area contributed by atoms with E-state index in [1.807, 2.05) is 6.92 Å². The Labute approximate surface area is 118 Å². The van der Waals surface area contributed by atoms with E-state index in [1.54, 1.807) is 0 Å². The highest BCUT2D eigenvalue weighted by atomic mass is 16.5. The van der Waals surface area contributed by atoms with E-state index in [9.17, 15) is 4.79 Å². The number of hydrogen-bond acceptors (Lipinski definition) is 3. The van der Waals surface area contributed by atoms with E-state index in [1.165, 1.54) is 12.8 Å². The van der Waals surface area contributed by atoms with Crippen molar-refractivity contribution in [3.05, 3.63) is 0 Å². The number of esters is 1. The molecule has 0 aliphatic heterocycles. The summed E-state index contributed by atoms with van der Waals surface area (Å²) in [5, 5.41) is 3.51. The van der Waals surface area contributed by atoms with Gasteiger partial charge in [0, 0.05) is 6.04 Å². The van der Waals surface area contributed by atoms with E-state index >= 15 is 0 Å². The van der Waals surface area contributed by atoms with Crippen LogP contribution in [0.5, 0.6) is 0 Å². The van der Waals surface area contributed by atoms with Crippen molar-refractivity contribution in [2.75, 3.05) is 6.61 Å². The molecule has 1 aliphatic rings. The fourth-order valence-corrected chi connectivity index (χ4v) is 3.45. The minimum absolute atomic E-state index is 0.0443. The average molecular weight is 269 g/mol. The number of carbonyl (C=O) groups is 1. The zero-order valence-corrected chi connectivity index (χ0v) is 13.3. The molecule has 1 rings (SSSR count). The molecule has 19 heavy (non-hydrogen) atoms. The summed E-state index contributed by atoms with van der Waals surface area (Å²) in [7, 11) is 0. The SMILES string of the molecule is CCOC(=O)C1(NC(C)C)CCCC(CC(C)C)C1. The summed E-state index contributed by atoms with van der Waals surface area (Å²) in [5.41, 5.74) is -0.442. The van der Waals surface area contributed by atoms with Gasteiger partial charge in [-0.15, -0.1) is 0 Å². The lowest BCUT2D eigenvalue weighted by molar-refractivity contribution is -0.154. The van der Waals surface area contributed by atoms with Crippen LogP contribution in [0.15, 0.2) is 0 Å². The molecule has 0 bridgehead atoms. The van der Waals surface area contributed by atoms with Crippen molar-refractivity contribution in [3.8, 4) is 0 Å². The molecular formula is C16H31NO2. The molecule has 0 spiro atoms. The number of carbonyl (C=O) groups excluding carboxylic acids is 1. The number of nitrogens with one attached hydrogen (secondary N) is 1. The maximum absolute atomic E-state index is 12.4. The fraction of sp³-hybridized carbons (Fsp3) is 0.938. The second-order valence-electron chi connectivity index (χ2n) is 6.69. The minimum Gasteiger partial charge on any atom is -0.465 e. The van der Waals surface area contributed by atoms with Crippen LogP contribution in [-0.4, -0.2) is 24.2 Å². The summed E-state index contributed by atoms with van der Waals surface area (Å²) in [6, 6.07) is 0.308. The molecule has 0 aromatic carbocycles. The second-order valence-corrected chi connectivity index (χ2v) is 6.69. The third-order valence-electron chi connectivity index (χ3n) is 3.89. The normalized spacial score (nSPS) is 27.8. The van der Waals surface area contributed by atoms with Gasteiger partial charge in [0.15, 0.2) is 0 Å². The largest absolute Gasteiger partial charge is 0.465 e. The monoisotopic (exact) mass is 269 g/mol. The second kappa shape index (κ2) is 7.28. The molecule has 1 fully saturated rings. The molecule has 3 heteroatoms. The Hall–Kier alpha value is -0.570. The molecule has 0 aromatic heterocycles. The molecule has 0 radical (unpaired) electrons. The third-order valence-corrected chi connectivity index (χ3v) is 3.89. The molecule has 2 unspecified atom stereocenters. The Balaban J connectivity index is 2.80. The van der Waals surface area contributed by atoms with Crippen LogP contribution in [0.2, 0.25) is 0 Å². The average Bonchev–Trinajstić information content (AvgIpc) is 2.27. The van der Waals surface area contributed by atoms with Gasteiger partial charge in [-0.05, 0) is 51.9 Å². The fourth-order valence-electron chi connectivity index (χ4n) is 3.45. The Morgan fingerprint density at radius 3 is 2.58 bits per heavy atom. The van der Waals surface area contributed by atoms with Crippen molar-refractivity contribution in [3.63, 3.8) is 0 Å². The third kappa shape index (κ3) is 4.79. The quantitative estimate of drug-likeness (QED) is 0.750. The van der Waals surface area contributed by atoms with E-state index in [0.717, 1.165) is 19.3 Å². The number of ether oxygens (including phenoxy) is 1. The van der Waals surface area contributed by atoms with Crippen molar-refractivity contribution in [1.82, 2.24) is 5.32 Å². The van der Waals surface area contributed by atoms with Crippen molar-refractivity contribution in [1.29, 1.82) is 0 Å². The van der Waals surface area contributed by atoms with Gasteiger partial charge in [-0.2, -0.15) is 0 Å². The van der Waals surface area contributed by atoms with Crippen LogP contribution in [0, 0.1) is 11.8 Å². The summed E-state index contributed by atoms with van der Waals surface area (Å²) >= 11 is 0. The van der Waals surface area contributed by atoms with Crippen molar-refractivity contribution in [2.24, 2.45) is 11.8 Å². The van der Waals surface area contributed by atoms with Gasteiger partial charge in [0.25, 0.3) is 0 Å². The van der Waals surface area contributed by atoms with Gasteiger partial charge in [0.05, 0.1) is 6.61 Å². The molecular weight excluding hydrogens is 238 g/mol. The van der Waals surface area contributed by atoms with E-state index in [0.29, 0.717) is 24.5 Å². The van der Waals surface area contributed by atoms with E-state index in [-0.39, 0.29) is 5.97 Å². The zero-order chi connectivity index (χ0) is 14.5. The first-order valence-corrected chi connectivity index (χ1v) is 7.84. The molecule has 3 nitrogen and oxygen atoms in total. The summed E-state index contributed by atoms with van der Waals surface area (Å²) in [6.07, 6.45) is 5.43. The highest BCUT2D eigenvalue weighted by Crippen LogP contribution is 2.37. The lowest BCUT2D eigenvalue weighted by Crippen LogP contribution is -2.57. The Kier molecular flexibility index (Phi) is 6.31. The first-order valence-electron chi connectivity index (χ1n) is 7.84. The van der Waals surface area contributed by atoms with Gasteiger partial charge >= 0.3 is 5.97 Å². The molecule has 0 heterocycles. The first-order chi connectivity index (χ1) is 8.89. The van der Waals surface area contributed by atoms with Crippen LogP contribution in [0.3, 0.4) is 0 Å². The maximum atomic E-state index is 12.4. The molecule has 0 amide bonds. The van der Waals surface area contributed by atoms with Crippen LogP contribution >= 0.6 is 0 Å². The van der Waals surface area contributed by atoms with E-state index in [2.05, 4.69) is 33.0 Å². The highest BCUT2D eigenvalue weighted by Gasteiger charge is 2.44. The van der Waals surface area contributed by atoms with Crippen molar-refractivity contribution < 1.29 is 9.53 Å². The Morgan fingerprint density at radius 2 is 2.05 bits per heavy atom. The standard InChI is InChI=1S/C16H31NO2/c1-6-19-15(18)16(17-13(4)5)9-7-8-14(11-16)10-12(2)3/h12-14,17H,6-11H2,1-5H3. The molecule has 112 valence electrons. The Bertz CT molecular complexity index is 288. The van der Waals surface area contributed by atoms with E-state index in [4.69, 9.17) is 4.74 Å². The van der Waals surface area contributed by atoms with Gasteiger partial charge in [-0.3, -0.25) is 10.1 Å². The number of hydrogen-bond donors (Lipinski definition) is 1. The van der Waals surface area contributed by atoms with Gasteiger partial charge in [0.2, 0.25) is 0 Å². The molecule has 0 saturated heterocycles. The predicted molar refractivity (Wildman–Crippen MR) is 79.0 cm³/mol. The van der Waals surface area contributed by atoms with Gasteiger partial charge in [-0.25, -0.2) is 0 Å². The van der Waals surface area contributed by atoms with E-state index < -0.39 is 5.54 Å². The lowest BCUT2D eigenvalue weighted by atomic mass is 9.72. The Morgan fingerprint density at radius 1 is 1.37 bits per heavy atom. The highest BCUT2D eigenvalue weighted by molar-refractivity contribution is 5.81. The van der Waals surface area contributed by atoms with Gasteiger partial charge < -0.3 is 4.74 Å². The lowest BCUT2D eigenvalue weighted by Gasteiger charge is -2.41. The molecule has 2 atom stereocenters. The van der Waals surface area contributed by atoms with Crippen LogP contribution < -0.4 is 5.32 Å². The molecule has 0 aromatic rings. The van der Waals surface area contributed by atoms with Gasteiger partial charge in [-0.1, -0.05) is 26.7 Å². The maximum Gasteiger partial charge on any atom is 0.326 e. The topological polar surface area (TPSA) is 38.3 Å². The summed E-state index contributed by atoms with van der Waals surface area (Å²) < 4.78 is 5.34. The number of rotatable bonds is 6.